The van der Waals surface area contributed by atoms with Crippen molar-refractivity contribution in [1.29, 1.82) is 0 Å². The summed E-state index contributed by atoms with van der Waals surface area (Å²) in [5.74, 6) is 1.34. The molecule has 0 saturated carbocycles. The van der Waals surface area contributed by atoms with Crippen LogP contribution in [0.15, 0.2) is 42.9 Å². The van der Waals surface area contributed by atoms with E-state index >= 15 is 0 Å². The third-order valence-corrected chi connectivity index (χ3v) is 5.47. The molecule has 0 aliphatic carbocycles. The summed E-state index contributed by atoms with van der Waals surface area (Å²) < 4.78 is 7.05. The molecule has 142 valence electrons. The molecule has 1 atom stereocenters. The first-order valence-electron chi connectivity index (χ1n) is 9.47. The van der Waals surface area contributed by atoms with Gasteiger partial charge in [0.15, 0.2) is 0 Å². The molecule has 0 spiro atoms. The van der Waals surface area contributed by atoms with Crippen LogP contribution in [0.2, 0.25) is 0 Å². The summed E-state index contributed by atoms with van der Waals surface area (Å²) in [4.78, 5) is 18.9. The predicted octanol–water partition coefficient (Wildman–Crippen LogP) is 1.69. The van der Waals surface area contributed by atoms with Gasteiger partial charge >= 0.3 is 0 Å². The first-order valence-corrected chi connectivity index (χ1v) is 9.47. The van der Waals surface area contributed by atoms with E-state index in [-0.39, 0.29) is 12.5 Å². The Morgan fingerprint density at radius 3 is 3.11 bits per heavy atom. The fourth-order valence-corrected chi connectivity index (χ4v) is 3.95. The Morgan fingerprint density at radius 2 is 2.21 bits per heavy atom. The average Bonchev–Trinajstić information content (AvgIpc) is 3.48. The van der Waals surface area contributed by atoms with Gasteiger partial charge in [0.1, 0.15) is 18.6 Å². The van der Waals surface area contributed by atoms with E-state index in [1.165, 1.54) is 22.1 Å². The molecular weight excluding hydrogens is 356 g/mol. The lowest BCUT2D eigenvalue weighted by atomic mass is 9.97. The Bertz CT molecular complexity index is 1000. The summed E-state index contributed by atoms with van der Waals surface area (Å²) in [6, 6.07) is 10.5. The minimum atomic E-state index is 0.0442. The van der Waals surface area contributed by atoms with E-state index in [4.69, 9.17) is 4.74 Å². The molecule has 1 aromatic carbocycles. The number of likely N-dealkylation sites (tertiary alicyclic amines) is 1. The predicted molar refractivity (Wildman–Crippen MR) is 101 cm³/mol. The number of aromatic nitrogens is 5. The van der Waals surface area contributed by atoms with E-state index in [2.05, 4.69) is 44.8 Å². The van der Waals surface area contributed by atoms with Crippen LogP contribution in [0.3, 0.4) is 0 Å². The van der Waals surface area contributed by atoms with Gasteiger partial charge in [-0.1, -0.05) is 0 Å². The minimum absolute atomic E-state index is 0.0442. The van der Waals surface area contributed by atoms with Crippen molar-refractivity contribution in [3.63, 3.8) is 0 Å². The van der Waals surface area contributed by atoms with E-state index in [0.29, 0.717) is 12.5 Å². The number of benzene rings is 1. The van der Waals surface area contributed by atoms with Crippen LogP contribution < -0.4 is 4.74 Å². The molecule has 28 heavy (non-hydrogen) atoms. The Balaban J connectivity index is 1.31. The molecule has 5 rings (SSSR count). The summed E-state index contributed by atoms with van der Waals surface area (Å²) >= 11 is 0. The number of pyridine rings is 1. The summed E-state index contributed by atoms with van der Waals surface area (Å²) in [6.45, 7) is 2.39. The highest BCUT2D eigenvalue weighted by molar-refractivity contribution is 5.76. The van der Waals surface area contributed by atoms with Crippen molar-refractivity contribution >= 4 is 5.91 Å². The van der Waals surface area contributed by atoms with Gasteiger partial charge in [0.25, 0.3) is 0 Å². The minimum Gasteiger partial charge on any atom is -0.493 e. The maximum atomic E-state index is 12.5. The fourth-order valence-electron chi connectivity index (χ4n) is 3.95. The molecule has 0 unspecified atom stereocenters. The zero-order valence-electron chi connectivity index (χ0n) is 15.4. The summed E-state index contributed by atoms with van der Waals surface area (Å²) in [6.07, 6.45) is 5.22. The van der Waals surface area contributed by atoms with Gasteiger partial charge in [0, 0.05) is 37.2 Å². The van der Waals surface area contributed by atoms with Crippen LogP contribution in [-0.4, -0.2) is 55.7 Å². The lowest BCUT2D eigenvalue weighted by Crippen LogP contribution is -2.31. The first kappa shape index (κ1) is 16.9. The zero-order valence-corrected chi connectivity index (χ0v) is 15.4. The van der Waals surface area contributed by atoms with Crippen molar-refractivity contribution in [2.24, 2.45) is 0 Å². The van der Waals surface area contributed by atoms with Crippen LogP contribution in [0.1, 0.15) is 23.5 Å². The summed E-state index contributed by atoms with van der Waals surface area (Å²) in [7, 11) is 0. The Morgan fingerprint density at radius 1 is 1.25 bits per heavy atom. The van der Waals surface area contributed by atoms with Crippen LogP contribution in [0.4, 0.5) is 0 Å². The summed E-state index contributed by atoms with van der Waals surface area (Å²) in [5, 5.41) is 10.9. The van der Waals surface area contributed by atoms with Crippen LogP contribution in [0, 0.1) is 0 Å². The Labute approximate surface area is 162 Å². The number of ether oxygens (including phenoxy) is 1. The van der Waals surface area contributed by atoms with Crippen LogP contribution in [0.25, 0.3) is 11.3 Å². The second-order valence-electron chi connectivity index (χ2n) is 7.23. The lowest BCUT2D eigenvalue weighted by molar-refractivity contribution is -0.131. The molecule has 0 bridgehead atoms. The molecule has 3 aromatic rings. The van der Waals surface area contributed by atoms with Gasteiger partial charge in [-0.2, -0.15) is 0 Å². The van der Waals surface area contributed by atoms with Crippen molar-refractivity contribution in [3.05, 3.63) is 54.0 Å². The van der Waals surface area contributed by atoms with Gasteiger partial charge in [0.05, 0.1) is 12.3 Å². The standard InChI is InChI=1S/C20H20N6O2/c27-20(12-26-13-22-23-24-26)25-7-4-17(11-25)14-3-6-21-18(10-14)15-1-2-19-16(9-15)5-8-28-19/h1-3,6,9-10,13,17H,4-5,7-8,11-12H2/t17-/m0/s1. The number of hydrogen-bond donors (Lipinski definition) is 0. The van der Waals surface area contributed by atoms with Gasteiger partial charge in [-0.15, -0.1) is 5.10 Å². The SMILES string of the molecule is O=C(Cn1cnnn1)N1CC[C@H](c2ccnc(-c3ccc4c(c3)CCO4)c2)C1. The zero-order chi connectivity index (χ0) is 18.9. The number of tetrazole rings is 1. The number of carbonyl (C=O) groups is 1. The van der Waals surface area contributed by atoms with Crippen molar-refractivity contribution in [2.45, 2.75) is 25.3 Å². The van der Waals surface area contributed by atoms with Crippen LogP contribution >= 0.6 is 0 Å². The molecule has 4 heterocycles. The average molecular weight is 376 g/mol. The van der Waals surface area contributed by atoms with Crippen molar-refractivity contribution < 1.29 is 9.53 Å². The number of carbonyl (C=O) groups excluding carboxylic acids is 1. The maximum absolute atomic E-state index is 12.5. The number of amides is 1. The molecule has 8 heteroatoms. The van der Waals surface area contributed by atoms with E-state index in [1.54, 1.807) is 0 Å². The molecule has 1 fully saturated rings. The third-order valence-electron chi connectivity index (χ3n) is 5.47. The molecule has 2 aliphatic rings. The van der Waals surface area contributed by atoms with E-state index < -0.39 is 0 Å². The molecule has 2 aliphatic heterocycles. The van der Waals surface area contributed by atoms with Gasteiger partial charge in [-0.3, -0.25) is 9.78 Å². The van der Waals surface area contributed by atoms with E-state index in [9.17, 15) is 4.79 Å². The Kier molecular flexibility index (Phi) is 4.23. The first-order chi connectivity index (χ1) is 13.8. The van der Waals surface area contributed by atoms with Gasteiger partial charge in [0.2, 0.25) is 5.91 Å². The second-order valence-corrected chi connectivity index (χ2v) is 7.23. The topological polar surface area (TPSA) is 86.0 Å². The van der Waals surface area contributed by atoms with E-state index in [0.717, 1.165) is 43.0 Å². The second kappa shape index (κ2) is 7.03. The molecule has 8 nitrogen and oxygen atoms in total. The van der Waals surface area contributed by atoms with Crippen LogP contribution in [-0.2, 0) is 17.8 Å². The van der Waals surface area contributed by atoms with Crippen molar-refractivity contribution in [1.82, 2.24) is 30.1 Å². The van der Waals surface area contributed by atoms with Gasteiger partial charge in [-0.05, 0) is 58.3 Å². The highest BCUT2D eigenvalue weighted by atomic mass is 16.5. The fraction of sp³-hybridized carbons (Fsp3) is 0.350. The number of fused-ring (bicyclic) bond motifs is 1. The molecule has 0 radical (unpaired) electrons. The molecule has 1 amide bonds. The number of nitrogens with zero attached hydrogens (tertiary/aromatic N) is 6. The monoisotopic (exact) mass is 376 g/mol. The molecule has 0 N–H and O–H groups in total. The molecular formula is C20H20N6O2. The molecule has 2 aromatic heterocycles. The highest BCUT2D eigenvalue weighted by Crippen LogP contribution is 2.32. The molecule has 1 saturated heterocycles. The number of rotatable bonds is 4. The Hall–Kier alpha value is -3.29. The summed E-state index contributed by atoms with van der Waals surface area (Å²) in [5.41, 5.74) is 4.53. The van der Waals surface area contributed by atoms with Crippen molar-refractivity contribution in [3.8, 4) is 17.0 Å². The largest absolute Gasteiger partial charge is 0.493 e. The lowest BCUT2D eigenvalue weighted by Gasteiger charge is -2.16. The third kappa shape index (κ3) is 3.21. The van der Waals surface area contributed by atoms with Crippen molar-refractivity contribution in [2.75, 3.05) is 19.7 Å². The normalized spacial score (nSPS) is 18.1. The van der Waals surface area contributed by atoms with E-state index in [1.807, 2.05) is 17.2 Å². The quantitative estimate of drug-likeness (QED) is 0.689. The van der Waals surface area contributed by atoms with Gasteiger partial charge in [-0.25, -0.2) is 4.68 Å². The smallest absolute Gasteiger partial charge is 0.244 e. The van der Waals surface area contributed by atoms with Crippen LogP contribution in [0.5, 0.6) is 5.75 Å². The number of hydrogen-bond acceptors (Lipinski definition) is 6. The maximum Gasteiger partial charge on any atom is 0.244 e. The van der Waals surface area contributed by atoms with Gasteiger partial charge < -0.3 is 9.64 Å². The highest BCUT2D eigenvalue weighted by Gasteiger charge is 2.28.